The molecule has 20 heavy (non-hydrogen) atoms. The summed E-state index contributed by atoms with van der Waals surface area (Å²) in [4.78, 5) is 23.9. The smallest absolute Gasteiger partial charge is 0.293 e. The summed E-state index contributed by atoms with van der Waals surface area (Å²) in [5, 5.41) is 11.6. The molecule has 2 aromatic rings. The molecule has 1 atom stereocenters. The number of Topliss-reactive ketones (excluding diaryl/α,β-unsaturated/α-hetero) is 1. The van der Waals surface area contributed by atoms with E-state index in [0.717, 1.165) is 0 Å². The van der Waals surface area contributed by atoms with Gasteiger partial charge < -0.3 is 5.32 Å². The van der Waals surface area contributed by atoms with E-state index in [2.05, 4.69) is 5.32 Å². The highest BCUT2D eigenvalue weighted by Gasteiger charge is 2.26. The van der Waals surface area contributed by atoms with Crippen molar-refractivity contribution in [3.63, 3.8) is 0 Å². The Hall–Kier alpha value is -2.93. The van der Waals surface area contributed by atoms with E-state index < -0.39 is 17.6 Å². The zero-order valence-corrected chi connectivity index (χ0v) is 10.6. The minimum atomic E-state index is -1.08. The lowest BCUT2D eigenvalue weighted by Gasteiger charge is -2.08. The van der Waals surface area contributed by atoms with Crippen LogP contribution in [0.1, 0.15) is 11.5 Å². The van der Waals surface area contributed by atoms with Gasteiger partial charge in [0, 0.05) is 5.69 Å². The summed E-state index contributed by atoms with van der Waals surface area (Å²) < 4.78 is 0. The zero-order chi connectivity index (χ0) is 14.4. The standard InChI is InChI=1S/C16H12N2O2/c17-11-14(12-7-3-1-4-8-12)15(19)16(20)18-13-9-5-2-6-10-13/h1-10,14H,(H,18,20). The van der Waals surface area contributed by atoms with E-state index in [1.54, 1.807) is 60.7 Å². The number of para-hydroxylation sites is 1. The summed E-state index contributed by atoms with van der Waals surface area (Å²) in [6.45, 7) is 0. The van der Waals surface area contributed by atoms with Crippen molar-refractivity contribution in [3.8, 4) is 6.07 Å². The van der Waals surface area contributed by atoms with Gasteiger partial charge in [0.2, 0.25) is 5.78 Å². The van der Waals surface area contributed by atoms with Crippen molar-refractivity contribution in [2.24, 2.45) is 0 Å². The molecular weight excluding hydrogens is 252 g/mol. The second-order valence-electron chi connectivity index (χ2n) is 4.16. The van der Waals surface area contributed by atoms with Gasteiger partial charge in [-0.3, -0.25) is 9.59 Å². The van der Waals surface area contributed by atoms with E-state index >= 15 is 0 Å². The van der Waals surface area contributed by atoms with Crippen LogP contribution in [0, 0.1) is 11.3 Å². The first-order chi connectivity index (χ1) is 9.72. The summed E-state index contributed by atoms with van der Waals surface area (Å²) in [6.07, 6.45) is 0. The van der Waals surface area contributed by atoms with Crippen LogP contribution in [0.25, 0.3) is 0 Å². The first kappa shape index (κ1) is 13.5. The molecule has 4 nitrogen and oxygen atoms in total. The molecule has 1 unspecified atom stereocenters. The molecule has 0 saturated heterocycles. The van der Waals surface area contributed by atoms with Crippen LogP contribution in [-0.4, -0.2) is 11.7 Å². The van der Waals surface area contributed by atoms with E-state index in [4.69, 9.17) is 5.26 Å². The third kappa shape index (κ3) is 3.09. The summed E-state index contributed by atoms with van der Waals surface area (Å²) >= 11 is 0. The molecule has 0 aromatic heterocycles. The third-order valence-electron chi connectivity index (χ3n) is 2.78. The first-order valence-corrected chi connectivity index (χ1v) is 6.07. The predicted molar refractivity (Wildman–Crippen MR) is 74.9 cm³/mol. The molecule has 2 aromatic carbocycles. The topological polar surface area (TPSA) is 70.0 Å². The number of carbonyl (C=O) groups is 2. The molecule has 0 bridgehead atoms. The number of anilines is 1. The van der Waals surface area contributed by atoms with Crippen LogP contribution in [-0.2, 0) is 9.59 Å². The Bertz CT molecular complexity index is 645. The van der Waals surface area contributed by atoms with E-state index in [-0.39, 0.29) is 0 Å². The molecule has 2 rings (SSSR count). The van der Waals surface area contributed by atoms with Crippen molar-refractivity contribution < 1.29 is 9.59 Å². The number of nitrogens with zero attached hydrogens (tertiary/aromatic N) is 1. The Morgan fingerprint density at radius 1 is 0.950 bits per heavy atom. The number of hydrogen-bond acceptors (Lipinski definition) is 3. The monoisotopic (exact) mass is 264 g/mol. The van der Waals surface area contributed by atoms with E-state index in [1.165, 1.54) is 0 Å². The van der Waals surface area contributed by atoms with Crippen molar-refractivity contribution in [1.82, 2.24) is 0 Å². The summed E-state index contributed by atoms with van der Waals surface area (Å²) in [5.41, 5.74) is 1.04. The van der Waals surface area contributed by atoms with Crippen molar-refractivity contribution in [2.45, 2.75) is 5.92 Å². The Balaban J connectivity index is 2.14. The van der Waals surface area contributed by atoms with Crippen LogP contribution in [0.2, 0.25) is 0 Å². The lowest BCUT2D eigenvalue weighted by atomic mass is 9.96. The number of nitrogens with one attached hydrogen (secondary N) is 1. The molecule has 1 amide bonds. The average Bonchev–Trinajstić information content (AvgIpc) is 2.50. The van der Waals surface area contributed by atoms with Crippen molar-refractivity contribution in [1.29, 1.82) is 5.26 Å². The molecule has 1 N–H and O–H groups in total. The molecule has 0 aliphatic carbocycles. The number of benzene rings is 2. The van der Waals surface area contributed by atoms with Crippen LogP contribution < -0.4 is 5.32 Å². The Morgan fingerprint density at radius 3 is 2.05 bits per heavy atom. The molecule has 0 heterocycles. The second kappa shape index (κ2) is 6.30. The molecule has 4 heteroatoms. The molecule has 0 saturated carbocycles. The predicted octanol–water partition coefficient (Wildman–Crippen LogP) is 2.50. The zero-order valence-electron chi connectivity index (χ0n) is 10.6. The maximum atomic E-state index is 12.0. The minimum absolute atomic E-state index is 0.517. The highest BCUT2D eigenvalue weighted by Crippen LogP contribution is 2.16. The maximum Gasteiger partial charge on any atom is 0.293 e. The summed E-state index contributed by atoms with van der Waals surface area (Å²) in [7, 11) is 0. The van der Waals surface area contributed by atoms with Gasteiger partial charge in [0.1, 0.15) is 5.92 Å². The number of ketones is 1. The van der Waals surface area contributed by atoms with Gasteiger partial charge in [-0.25, -0.2) is 0 Å². The van der Waals surface area contributed by atoms with Crippen molar-refractivity contribution >= 4 is 17.4 Å². The van der Waals surface area contributed by atoms with Crippen LogP contribution in [0.15, 0.2) is 60.7 Å². The largest absolute Gasteiger partial charge is 0.319 e. The summed E-state index contributed by atoms with van der Waals surface area (Å²) in [5.74, 6) is -2.63. The number of amides is 1. The number of carbonyl (C=O) groups excluding carboxylic acids is 2. The van der Waals surface area contributed by atoms with E-state index in [1.807, 2.05) is 6.07 Å². The van der Waals surface area contributed by atoms with Gasteiger partial charge in [-0.1, -0.05) is 48.5 Å². The molecule has 0 aliphatic heterocycles. The van der Waals surface area contributed by atoms with Gasteiger partial charge in [0.05, 0.1) is 6.07 Å². The summed E-state index contributed by atoms with van der Waals surface area (Å²) in [6, 6.07) is 19.1. The lowest BCUT2D eigenvalue weighted by Crippen LogP contribution is -2.27. The SMILES string of the molecule is N#CC(C(=O)C(=O)Nc1ccccc1)c1ccccc1. The highest BCUT2D eigenvalue weighted by molar-refractivity contribution is 6.43. The van der Waals surface area contributed by atoms with Gasteiger partial charge in [0.25, 0.3) is 5.91 Å². The third-order valence-corrected chi connectivity index (χ3v) is 2.78. The molecule has 0 aliphatic rings. The van der Waals surface area contributed by atoms with E-state index in [9.17, 15) is 9.59 Å². The normalized spacial score (nSPS) is 11.2. The molecule has 0 fully saturated rings. The quantitative estimate of drug-likeness (QED) is 0.862. The van der Waals surface area contributed by atoms with Crippen molar-refractivity contribution in [3.05, 3.63) is 66.2 Å². The van der Waals surface area contributed by atoms with Crippen LogP contribution >= 0.6 is 0 Å². The van der Waals surface area contributed by atoms with Crippen LogP contribution in [0.3, 0.4) is 0 Å². The molecular formula is C16H12N2O2. The van der Waals surface area contributed by atoms with E-state index in [0.29, 0.717) is 11.3 Å². The second-order valence-corrected chi connectivity index (χ2v) is 4.16. The van der Waals surface area contributed by atoms with Gasteiger partial charge in [-0.15, -0.1) is 0 Å². The van der Waals surface area contributed by atoms with Crippen LogP contribution in [0.4, 0.5) is 5.69 Å². The fraction of sp³-hybridized carbons (Fsp3) is 0.0625. The molecule has 0 radical (unpaired) electrons. The number of rotatable bonds is 4. The Labute approximate surface area is 116 Å². The Morgan fingerprint density at radius 2 is 1.50 bits per heavy atom. The highest BCUT2D eigenvalue weighted by atomic mass is 16.2. The minimum Gasteiger partial charge on any atom is -0.319 e. The van der Waals surface area contributed by atoms with Gasteiger partial charge in [-0.05, 0) is 17.7 Å². The van der Waals surface area contributed by atoms with Crippen LogP contribution in [0.5, 0.6) is 0 Å². The maximum absolute atomic E-state index is 12.0. The van der Waals surface area contributed by atoms with Gasteiger partial charge in [0.15, 0.2) is 0 Å². The lowest BCUT2D eigenvalue weighted by molar-refractivity contribution is -0.135. The average molecular weight is 264 g/mol. The first-order valence-electron chi connectivity index (χ1n) is 6.07. The van der Waals surface area contributed by atoms with Gasteiger partial charge in [-0.2, -0.15) is 5.26 Å². The molecule has 0 spiro atoms. The van der Waals surface area contributed by atoms with Gasteiger partial charge >= 0.3 is 0 Å². The fourth-order valence-electron chi connectivity index (χ4n) is 1.78. The number of hydrogen-bond donors (Lipinski definition) is 1. The van der Waals surface area contributed by atoms with Crippen molar-refractivity contribution in [2.75, 3.05) is 5.32 Å². The Kier molecular flexibility index (Phi) is 4.25. The fourth-order valence-corrected chi connectivity index (χ4v) is 1.78. The number of nitriles is 1. The molecule has 98 valence electrons.